The minimum Gasteiger partial charge on any atom is -0.135 e. The van der Waals surface area contributed by atoms with E-state index in [-0.39, 0.29) is 0 Å². The van der Waals surface area contributed by atoms with Gasteiger partial charge in [0.05, 0.1) is 0 Å². The van der Waals surface area contributed by atoms with Crippen molar-refractivity contribution in [2.45, 2.75) is 0 Å². The van der Waals surface area contributed by atoms with Gasteiger partial charge in [0.1, 0.15) is 0 Å². The molecule has 0 fully saturated rings. The van der Waals surface area contributed by atoms with Crippen molar-refractivity contribution in [3.63, 3.8) is 0 Å². The van der Waals surface area contributed by atoms with Crippen molar-refractivity contribution in [2.75, 3.05) is 0 Å². The van der Waals surface area contributed by atoms with E-state index in [9.17, 15) is 0 Å². The number of thiophene rings is 4. The standard InChI is InChI=1S/C74H44S4/c1-9-25-45(26-10-1)57-41-53-54-42-58(46-27-11-2-12-28-46)76-72(54)68-62(50-35-19-6-20-36-50)66-64(52-39-23-8-24-40-52)70-69(63(51-37-21-7-22-38-51)65(66)61(67(68)71(53)75-57)49-33-17-5-18-34-49)73-55(43-59(77-73)47-29-13-3-14-30-47)56-44-60(78-74(56)70)48-31-15-4-16-32-48/h1-44H. The number of rotatable bonds is 8. The second-order valence-electron chi connectivity index (χ2n) is 20.1. The van der Waals surface area contributed by atoms with Crippen LogP contribution in [0.15, 0.2) is 267 Å². The molecule has 4 aromatic heterocycles. The molecular weight excluding hydrogens is 1020 g/mol. The van der Waals surface area contributed by atoms with Gasteiger partial charge in [0.15, 0.2) is 0 Å². The Morgan fingerprint density at radius 2 is 0.333 bits per heavy atom. The molecule has 364 valence electrons. The quantitative estimate of drug-likeness (QED) is 0.133. The summed E-state index contributed by atoms with van der Waals surface area (Å²) in [5.74, 6) is 0. The van der Waals surface area contributed by atoms with E-state index < -0.39 is 0 Å². The first-order valence-corrected chi connectivity index (χ1v) is 29.7. The first-order valence-electron chi connectivity index (χ1n) is 26.5. The van der Waals surface area contributed by atoms with Crippen LogP contribution in [0.2, 0.25) is 0 Å². The van der Waals surface area contributed by atoms with Crippen LogP contribution in [-0.4, -0.2) is 0 Å². The summed E-state index contributed by atoms with van der Waals surface area (Å²) < 4.78 is 5.23. The minimum atomic E-state index is 1.20. The lowest BCUT2D eigenvalue weighted by Gasteiger charge is -2.26. The topological polar surface area (TPSA) is 0 Å². The fourth-order valence-electron chi connectivity index (χ4n) is 12.3. The fourth-order valence-corrected chi connectivity index (χ4v) is 17.3. The van der Waals surface area contributed by atoms with E-state index in [4.69, 9.17) is 0 Å². The van der Waals surface area contributed by atoms with Crippen LogP contribution in [0.3, 0.4) is 0 Å². The third-order valence-electron chi connectivity index (χ3n) is 15.6. The summed E-state index contributed by atoms with van der Waals surface area (Å²) in [6, 6.07) is 99.5. The Hall–Kier alpha value is -8.74. The number of hydrogen-bond acceptors (Lipinski definition) is 4. The summed E-state index contributed by atoms with van der Waals surface area (Å²) in [6.45, 7) is 0. The molecule has 0 aliphatic rings. The van der Waals surface area contributed by atoms with Gasteiger partial charge < -0.3 is 0 Å². The average Bonchev–Trinajstić information content (AvgIpc) is 3.88. The molecule has 0 nitrogen and oxygen atoms in total. The Morgan fingerprint density at radius 1 is 0.167 bits per heavy atom. The summed E-state index contributed by atoms with van der Waals surface area (Å²) in [4.78, 5) is 5.06. The Morgan fingerprint density at radius 3 is 0.513 bits per heavy atom. The third-order valence-corrected chi connectivity index (χ3v) is 20.5. The lowest BCUT2D eigenvalue weighted by Crippen LogP contribution is -1.98. The molecule has 16 rings (SSSR count). The largest absolute Gasteiger partial charge is 0.135 e. The molecule has 0 spiro atoms. The van der Waals surface area contributed by atoms with Gasteiger partial charge in [-0.25, -0.2) is 0 Å². The van der Waals surface area contributed by atoms with Gasteiger partial charge in [-0.1, -0.05) is 243 Å². The highest BCUT2D eigenvalue weighted by Gasteiger charge is 2.32. The van der Waals surface area contributed by atoms with Crippen LogP contribution in [0.25, 0.3) is 159 Å². The molecule has 0 atom stereocenters. The van der Waals surface area contributed by atoms with Crippen molar-refractivity contribution < 1.29 is 0 Å². The Bertz CT molecular complexity index is 4310. The van der Waals surface area contributed by atoms with Crippen LogP contribution in [0.4, 0.5) is 0 Å². The van der Waals surface area contributed by atoms with Crippen molar-refractivity contribution in [3.05, 3.63) is 267 Å². The predicted molar refractivity (Wildman–Crippen MR) is 344 cm³/mol. The van der Waals surface area contributed by atoms with Crippen LogP contribution < -0.4 is 0 Å². The van der Waals surface area contributed by atoms with Crippen LogP contribution in [0, 0.1) is 0 Å². The van der Waals surface area contributed by atoms with Gasteiger partial charge in [0, 0.05) is 81.4 Å². The fraction of sp³-hybridized carbons (Fsp3) is 0. The summed E-state index contributed by atoms with van der Waals surface area (Å²) in [6.07, 6.45) is 0. The smallest absolute Gasteiger partial charge is 0.0441 e. The van der Waals surface area contributed by atoms with Gasteiger partial charge in [-0.05, 0) is 102 Å². The lowest BCUT2D eigenvalue weighted by molar-refractivity contribution is 1.65. The number of fused-ring (bicyclic) bond motifs is 13. The molecule has 0 radical (unpaired) electrons. The number of hydrogen-bond donors (Lipinski definition) is 0. The van der Waals surface area contributed by atoms with Gasteiger partial charge in [-0.2, -0.15) is 0 Å². The average molecular weight is 1060 g/mol. The summed E-state index contributed by atoms with van der Waals surface area (Å²) in [5, 5.41) is 12.9. The van der Waals surface area contributed by atoms with Gasteiger partial charge in [0.25, 0.3) is 0 Å². The summed E-state index contributed by atoms with van der Waals surface area (Å²) in [5.41, 5.74) is 14.8. The van der Waals surface area contributed by atoms with E-state index in [1.165, 1.54) is 159 Å². The van der Waals surface area contributed by atoms with Crippen LogP contribution in [0.5, 0.6) is 0 Å². The molecule has 0 bridgehead atoms. The maximum atomic E-state index is 2.49. The van der Waals surface area contributed by atoms with E-state index >= 15 is 0 Å². The monoisotopic (exact) mass is 1060 g/mol. The molecule has 0 aliphatic heterocycles. The second kappa shape index (κ2) is 18.5. The van der Waals surface area contributed by atoms with Gasteiger partial charge in [0.2, 0.25) is 0 Å². The van der Waals surface area contributed by atoms with Gasteiger partial charge in [-0.3, -0.25) is 0 Å². The molecule has 78 heavy (non-hydrogen) atoms. The van der Waals surface area contributed by atoms with E-state index in [0.29, 0.717) is 0 Å². The first-order chi connectivity index (χ1) is 38.7. The highest BCUT2D eigenvalue weighted by Crippen LogP contribution is 2.61. The SMILES string of the molecule is c1ccc(-c2cc3c4cc(-c5ccccc5)sc4c4c(-c5ccccc5)c5c(-c6ccccc6)c6c7sc(-c8ccccc8)cc7c7cc(-c8ccccc8)sc7c6c(-c6ccccc6)c5c(-c5ccccc5)c4c3s2)cc1. The molecule has 0 aliphatic carbocycles. The van der Waals surface area contributed by atoms with Crippen LogP contribution in [-0.2, 0) is 0 Å². The normalized spacial score (nSPS) is 11.8. The predicted octanol–water partition coefficient (Wildman–Crippen LogP) is 23.3. The Kier molecular flexibility index (Phi) is 10.8. The zero-order valence-corrected chi connectivity index (χ0v) is 45.3. The van der Waals surface area contributed by atoms with Crippen molar-refractivity contribution in [3.8, 4) is 86.3 Å². The first kappa shape index (κ1) is 45.5. The Balaban J connectivity index is 1.26. The molecule has 0 saturated carbocycles. The third kappa shape index (κ3) is 7.15. The van der Waals surface area contributed by atoms with Gasteiger partial charge in [-0.15, -0.1) is 45.3 Å². The Labute approximate surface area is 467 Å². The highest BCUT2D eigenvalue weighted by molar-refractivity contribution is 7.26. The molecule has 0 unspecified atom stereocenters. The highest BCUT2D eigenvalue weighted by atomic mass is 32.1. The molecule has 0 amide bonds. The van der Waals surface area contributed by atoms with E-state index in [0.717, 1.165) is 0 Å². The molecule has 12 aromatic carbocycles. The maximum absolute atomic E-state index is 2.49. The molecule has 4 heterocycles. The molecule has 4 heteroatoms. The van der Waals surface area contributed by atoms with E-state index in [1.54, 1.807) is 0 Å². The summed E-state index contributed by atoms with van der Waals surface area (Å²) >= 11 is 7.77. The zero-order chi connectivity index (χ0) is 51.3. The molecule has 0 N–H and O–H groups in total. The van der Waals surface area contributed by atoms with E-state index in [1.807, 2.05) is 45.3 Å². The lowest BCUT2D eigenvalue weighted by atomic mass is 9.77. The van der Waals surface area contributed by atoms with Crippen LogP contribution in [0.1, 0.15) is 0 Å². The maximum Gasteiger partial charge on any atom is 0.0441 e. The zero-order valence-electron chi connectivity index (χ0n) is 42.0. The van der Waals surface area contributed by atoms with Gasteiger partial charge >= 0.3 is 0 Å². The van der Waals surface area contributed by atoms with Crippen molar-refractivity contribution in [1.82, 2.24) is 0 Å². The molecule has 16 aromatic rings. The molecular formula is C74H44S4. The van der Waals surface area contributed by atoms with Crippen molar-refractivity contribution >= 4 is 118 Å². The van der Waals surface area contributed by atoms with E-state index in [2.05, 4.69) is 267 Å². The van der Waals surface area contributed by atoms with Crippen LogP contribution >= 0.6 is 45.3 Å². The van der Waals surface area contributed by atoms with Crippen molar-refractivity contribution in [1.29, 1.82) is 0 Å². The summed E-state index contributed by atoms with van der Waals surface area (Å²) in [7, 11) is 0. The van der Waals surface area contributed by atoms with Crippen molar-refractivity contribution in [2.24, 2.45) is 0 Å². The molecule has 0 saturated heterocycles. The minimum absolute atomic E-state index is 1.20. The number of benzene rings is 12. The second-order valence-corrected chi connectivity index (χ2v) is 24.3.